The van der Waals surface area contributed by atoms with Crippen LogP contribution in [-0.4, -0.2) is 77.2 Å². The molecule has 2 aliphatic rings. The maximum absolute atomic E-state index is 15.4. The number of hydrogen-bond donors (Lipinski definition) is 2. The number of nitrogens with one attached hydrogen (secondary N) is 1. The summed E-state index contributed by atoms with van der Waals surface area (Å²) in [5.74, 6) is -0.540. The Bertz CT molecular complexity index is 1740. The second-order valence-corrected chi connectivity index (χ2v) is 13.4. The molecule has 10 nitrogen and oxygen atoms in total. The van der Waals surface area contributed by atoms with Gasteiger partial charge in [-0.2, -0.15) is 5.10 Å². The van der Waals surface area contributed by atoms with Crippen LogP contribution in [0.5, 0.6) is 0 Å². The van der Waals surface area contributed by atoms with E-state index < -0.39 is 15.8 Å². The number of nitrogens with two attached hydrogens (primary N) is 1. The molecule has 1 saturated carbocycles. The Hall–Kier alpha value is -3.03. The van der Waals surface area contributed by atoms with Crippen molar-refractivity contribution >= 4 is 55.8 Å². The molecule has 42 heavy (non-hydrogen) atoms. The van der Waals surface area contributed by atoms with Gasteiger partial charge in [-0.25, -0.2) is 27.5 Å². The number of sulfonamides is 1. The van der Waals surface area contributed by atoms with Gasteiger partial charge in [-0.3, -0.25) is 9.62 Å². The third-order valence-electron chi connectivity index (χ3n) is 8.25. The number of rotatable bonds is 6. The van der Waals surface area contributed by atoms with Gasteiger partial charge in [0.25, 0.3) is 10.0 Å². The summed E-state index contributed by atoms with van der Waals surface area (Å²) in [6, 6.07) is 8.82. The Labute approximate surface area is 253 Å². The number of halogens is 3. The Kier molecular flexibility index (Phi) is 8.01. The zero-order valence-corrected chi connectivity index (χ0v) is 25.3. The normalized spacial score (nSPS) is 20.7. The Morgan fingerprint density at radius 2 is 1.69 bits per heavy atom. The maximum Gasteiger partial charge on any atom is 0.263 e. The van der Waals surface area contributed by atoms with Crippen LogP contribution in [0.4, 0.5) is 15.9 Å². The molecule has 1 aliphatic heterocycles. The standard InChI is InChI=1S/C28H31Cl2FN8O2S/c1-37-10-12-38(13-11-37)19-4-6-20(7-5-19)39-28-25(27(32)33-16-34-28)26(35-39)17-2-8-23(22(31)14-17)36-42(40,41)24-9-3-18(29)15-21(24)30/h2-3,8-9,14-16,19-20,36H,4-7,10-13H2,1H3,(H2,32,33,34). The molecule has 0 amide bonds. The van der Waals surface area contributed by atoms with Crippen LogP contribution in [0.1, 0.15) is 31.7 Å². The van der Waals surface area contributed by atoms with E-state index >= 15 is 4.39 Å². The highest BCUT2D eigenvalue weighted by Crippen LogP contribution is 2.38. The topological polar surface area (TPSA) is 122 Å². The monoisotopic (exact) mass is 632 g/mol. The van der Waals surface area contributed by atoms with Crippen LogP contribution >= 0.6 is 23.2 Å². The first-order chi connectivity index (χ1) is 20.1. The van der Waals surface area contributed by atoms with Crippen molar-refractivity contribution in [2.24, 2.45) is 0 Å². The zero-order chi connectivity index (χ0) is 29.6. The van der Waals surface area contributed by atoms with Crippen LogP contribution in [-0.2, 0) is 10.0 Å². The van der Waals surface area contributed by atoms with E-state index in [1.54, 1.807) is 6.07 Å². The number of piperazine rings is 1. The summed E-state index contributed by atoms with van der Waals surface area (Å²) < 4.78 is 45.4. The Morgan fingerprint density at radius 3 is 2.38 bits per heavy atom. The lowest BCUT2D eigenvalue weighted by Crippen LogP contribution is -2.49. The van der Waals surface area contributed by atoms with Crippen molar-refractivity contribution < 1.29 is 12.8 Å². The molecular weight excluding hydrogens is 602 g/mol. The van der Waals surface area contributed by atoms with Crippen LogP contribution in [0.15, 0.2) is 47.6 Å². The first-order valence-electron chi connectivity index (χ1n) is 13.8. The fourth-order valence-corrected chi connectivity index (χ4v) is 7.79. The lowest BCUT2D eigenvalue weighted by molar-refractivity contribution is 0.0815. The summed E-state index contributed by atoms with van der Waals surface area (Å²) in [6.45, 7) is 4.37. The van der Waals surface area contributed by atoms with E-state index in [9.17, 15) is 8.42 Å². The number of hydrogen-bond acceptors (Lipinski definition) is 8. The van der Waals surface area contributed by atoms with Crippen molar-refractivity contribution in [2.75, 3.05) is 43.7 Å². The number of likely N-dealkylation sites (N-methyl/N-ethyl adjacent to an activating group) is 1. The lowest BCUT2D eigenvalue weighted by atomic mass is 9.90. The molecular formula is C28H31Cl2FN8O2S. The predicted octanol–water partition coefficient (Wildman–Crippen LogP) is 5.05. The number of fused-ring (bicyclic) bond motifs is 1. The van der Waals surface area contributed by atoms with Crippen molar-refractivity contribution in [3.05, 3.63) is 58.6 Å². The van der Waals surface area contributed by atoms with Gasteiger partial charge in [-0.1, -0.05) is 29.3 Å². The van der Waals surface area contributed by atoms with E-state index in [0.717, 1.165) is 51.9 Å². The molecule has 1 aliphatic carbocycles. The molecule has 222 valence electrons. The summed E-state index contributed by atoms with van der Waals surface area (Å²) in [5, 5.41) is 5.64. The average Bonchev–Trinajstić information content (AvgIpc) is 3.35. The Morgan fingerprint density at radius 1 is 0.976 bits per heavy atom. The van der Waals surface area contributed by atoms with E-state index in [4.69, 9.17) is 34.0 Å². The van der Waals surface area contributed by atoms with Gasteiger partial charge in [-0.15, -0.1) is 0 Å². The molecule has 0 unspecified atom stereocenters. The molecule has 4 aromatic rings. The number of benzene rings is 2. The molecule has 2 fully saturated rings. The number of nitrogen functional groups attached to an aromatic ring is 1. The summed E-state index contributed by atoms with van der Waals surface area (Å²) in [5.41, 5.74) is 7.52. The molecule has 1 saturated heterocycles. The van der Waals surface area contributed by atoms with Gasteiger partial charge in [-0.05, 0) is 63.1 Å². The number of anilines is 2. The third-order valence-corrected chi connectivity index (χ3v) is 10.3. The van der Waals surface area contributed by atoms with Crippen LogP contribution in [0.2, 0.25) is 10.0 Å². The maximum atomic E-state index is 15.4. The fraction of sp³-hybridized carbons (Fsp3) is 0.393. The van der Waals surface area contributed by atoms with Crippen LogP contribution in [0.25, 0.3) is 22.3 Å². The molecule has 0 bridgehead atoms. The molecule has 6 rings (SSSR count). The second kappa shape index (κ2) is 11.6. The molecule has 0 spiro atoms. The van der Waals surface area contributed by atoms with E-state index in [-0.39, 0.29) is 32.5 Å². The third kappa shape index (κ3) is 5.66. The molecule has 14 heteroatoms. The largest absolute Gasteiger partial charge is 0.383 e. The SMILES string of the molecule is CN1CCN(C2CCC(n3nc(-c4ccc(NS(=O)(=O)c5ccc(Cl)cc5Cl)c(F)c4)c4c(N)ncnc43)CC2)CC1. The first kappa shape index (κ1) is 29.1. The summed E-state index contributed by atoms with van der Waals surface area (Å²) in [6.07, 6.45) is 5.42. The van der Waals surface area contributed by atoms with Crippen LogP contribution in [0.3, 0.4) is 0 Å². The van der Waals surface area contributed by atoms with Gasteiger partial charge in [0.2, 0.25) is 0 Å². The van der Waals surface area contributed by atoms with Crippen molar-refractivity contribution in [2.45, 2.75) is 42.7 Å². The van der Waals surface area contributed by atoms with Crippen LogP contribution in [0, 0.1) is 5.82 Å². The first-order valence-corrected chi connectivity index (χ1v) is 16.0. The van der Waals surface area contributed by atoms with Gasteiger partial charge in [0.15, 0.2) is 5.65 Å². The van der Waals surface area contributed by atoms with Gasteiger partial charge in [0, 0.05) is 42.8 Å². The van der Waals surface area contributed by atoms with E-state index in [2.05, 4.69) is 31.5 Å². The van der Waals surface area contributed by atoms with Gasteiger partial charge < -0.3 is 10.6 Å². The highest BCUT2D eigenvalue weighted by atomic mass is 35.5. The van der Waals surface area contributed by atoms with Crippen molar-refractivity contribution in [3.8, 4) is 11.3 Å². The predicted molar refractivity (Wildman–Crippen MR) is 163 cm³/mol. The van der Waals surface area contributed by atoms with Gasteiger partial charge >= 0.3 is 0 Å². The smallest absolute Gasteiger partial charge is 0.263 e. The highest BCUT2D eigenvalue weighted by Gasteiger charge is 2.31. The van der Waals surface area contributed by atoms with E-state index in [1.807, 2.05) is 4.68 Å². The molecule has 0 radical (unpaired) electrons. The molecule has 2 aromatic heterocycles. The van der Waals surface area contributed by atoms with Crippen molar-refractivity contribution in [1.29, 1.82) is 0 Å². The average molecular weight is 634 g/mol. The molecule has 2 aromatic carbocycles. The van der Waals surface area contributed by atoms with E-state index in [0.29, 0.717) is 28.3 Å². The van der Waals surface area contributed by atoms with Crippen LogP contribution < -0.4 is 10.5 Å². The highest BCUT2D eigenvalue weighted by molar-refractivity contribution is 7.92. The summed E-state index contributed by atoms with van der Waals surface area (Å²) in [7, 11) is -2.01. The van der Waals surface area contributed by atoms with Crippen molar-refractivity contribution in [3.63, 3.8) is 0 Å². The minimum atomic E-state index is -4.17. The minimum Gasteiger partial charge on any atom is -0.383 e. The zero-order valence-electron chi connectivity index (χ0n) is 23.0. The molecule has 3 heterocycles. The van der Waals surface area contributed by atoms with Gasteiger partial charge in [0.1, 0.15) is 28.6 Å². The summed E-state index contributed by atoms with van der Waals surface area (Å²) >= 11 is 12.0. The molecule has 0 atom stereocenters. The van der Waals surface area contributed by atoms with Gasteiger partial charge in [0.05, 0.1) is 22.1 Å². The second-order valence-electron chi connectivity index (χ2n) is 10.9. The molecule has 3 N–H and O–H groups in total. The fourth-order valence-electron chi connectivity index (χ4n) is 5.95. The Balaban J connectivity index is 1.26. The van der Waals surface area contributed by atoms with E-state index in [1.165, 1.54) is 36.7 Å². The summed E-state index contributed by atoms with van der Waals surface area (Å²) in [4.78, 5) is 13.4. The number of aromatic nitrogens is 4. The number of nitrogens with zero attached hydrogens (tertiary/aromatic N) is 6. The lowest BCUT2D eigenvalue weighted by Gasteiger charge is -2.41. The quantitative estimate of drug-likeness (QED) is 0.303. The van der Waals surface area contributed by atoms with Crippen molar-refractivity contribution in [1.82, 2.24) is 29.5 Å². The minimum absolute atomic E-state index is 0.0721.